The first-order chi connectivity index (χ1) is 4.56. The van der Waals surface area contributed by atoms with E-state index in [1.54, 1.807) is 0 Å². The number of halogens is 6. The zero-order valence-corrected chi connectivity index (χ0v) is 6.38. The molecule has 0 aliphatic rings. The van der Waals surface area contributed by atoms with Gasteiger partial charge in [0.2, 0.25) is 0 Å². The van der Waals surface area contributed by atoms with E-state index >= 15 is 0 Å². The van der Waals surface area contributed by atoms with Gasteiger partial charge in [-0.25, -0.2) is 0 Å². The third-order valence-electron chi connectivity index (χ3n) is 0.401. The standard InChI is InChI=1S/C3H5F3.CF3O.Li/c1-2-3(4,5)6;2-1(3,4)5;/h2H2,1H3;;/q;-1;+1. The van der Waals surface area contributed by atoms with Crippen molar-refractivity contribution in [3.63, 3.8) is 0 Å². The van der Waals surface area contributed by atoms with Gasteiger partial charge in [0.25, 0.3) is 0 Å². The first-order valence-electron chi connectivity index (χ1n) is 2.40. The van der Waals surface area contributed by atoms with Gasteiger partial charge in [-0.05, 0) is 0 Å². The van der Waals surface area contributed by atoms with E-state index in [9.17, 15) is 26.3 Å². The van der Waals surface area contributed by atoms with E-state index in [1.165, 1.54) is 0 Å². The van der Waals surface area contributed by atoms with Crippen LogP contribution in [0.4, 0.5) is 26.3 Å². The van der Waals surface area contributed by atoms with Crippen LogP contribution in [0.3, 0.4) is 0 Å². The molecule has 12 heavy (non-hydrogen) atoms. The summed E-state index contributed by atoms with van der Waals surface area (Å²) in [6.45, 7) is 1.08. The quantitative estimate of drug-likeness (QED) is 0.348. The van der Waals surface area contributed by atoms with Gasteiger partial charge in [0, 0.05) is 6.42 Å². The molecule has 70 valence electrons. The molecular weight excluding hydrogens is 185 g/mol. The van der Waals surface area contributed by atoms with Crippen molar-refractivity contribution in [3.05, 3.63) is 0 Å². The Hall–Kier alpha value is 0.137. The van der Waals surface area contributed by atoms with Gasteiger partial charge in [-0.2, -0.15) is 26.3 Å². The van der Waals surface area contributed by atoms with Gasteiger partial charge < -0.3 is 5.11 Å². The van der Waals surface area contributed by atoms with Crippen LogP contribution in [-0.2, 0) is 0 Å². The molecule has 1 nitrogen and oxygen atoms in total. The van der Waals surface area contributed by atoms with Crippen molar-refractivity contribution in [2.24, 2.45) is 0 Å². The molecule has 0 fully saturated rings. The molecule has 0 radical (unpaired) electrons. The van der Waals surface area contributed by atoms with Gasteiger partial charge in [-0.1, -0.05) is 6.92 Å². The van der Waals surface area contributed by atoms with Gasteiger partial charge in [0.1, 0.15) is 0 Å². The summed E-state index contributed by atoms with van der Waals surface area (Å²) < 4.78 is 61.8. The van der Waals surface area contributed by atoms with E-state index in [2.05, 4.69) is 0 Å². The van der Waals surface area contributed by atoms with E-state index in [-0.39, 0.29) is 18.9 Å². The molecule has 0 spiro atoms. The van der Waals surface area contributed by atoms with Crippen LogP contribution in [0.1, 0.15) is 13.3 Å². The maximum atomic E-state index is 10.8. The number of rotatable bonds is 0. The molecule has 0 bridgehead atoms. The fraction of sp³-hybridized carbons (Fsp3) is 1.00. The Bertz CT molecular complexity index is 90.7. The van der Waals surface area contributed by atoms with Gasteiger partial charge in [0.05, 0.1) is 0 Å². The minimum Gasteiger partial charge on any atom is -0.771 e. The normalized spacial score (nSPS) is 11.0. The largest absolute Gasteiger partial charge is 1.00 e. The van der Waals surface area contributed by atoms with E-state index < -0.39 is 19.0 Å². The second kappa shape index (κ2) is 6.63. The van der Waals surface area contributed by atoms with Gasteiger partial charge >= 0.3 is 31.4 Å². The SMILES string of the molecule is CCC(F)(F)F.[Li+].[O-]C(F)(F)F. The topological polar surface area (TPSA) is 23.1 Å². The third kappa shape index (κ3) is 86.0. The van der Waals surface area contributed by atoms with E-state index in [0.717, 1.165) is 6.92 Å². The molecule has 0 unspecified atom stereocenters. The summed E-state index contributed by atoms with van der Waals surface area (Å²) in [6, 6.07) is 0. The third-order valence-corrected chi connectivity index (χ3v) is 0.401. The molecule has 0 N–H and O–H groups in total. The zero-order valence-electron chi connectivity index (χ0n) is 6.38. The second-order valence-corrected chi connectivity index (χ2v) is 1.41. The molecule has 0 aliphatic heterocycles. The first-order valence-corrected chi connectivity index (χ1v) is 2.40. The van der Waals surface area contributed by atoms with Gasteiger partial charge in [-0.3, -0.25) is 0 Å². The Morgan fingerprint density at radius 2 is 1.08 bits per heavy atom. The van der Waals surface area contributed by atoms with Crippen LogP contribution in [0.25, 0.3) is 0 Å². The number of hydrogen-bond donors (Lipinski definition) is 0. The van der Waals surface area contributed by atoms with Gasteiger partial charge in [-0.15, -0.1) is 0 Å². The smallest absolute Gasteiger partial charge is 0.771 e. The zero-order chi connectivity index (χ0) is 9.71. The molecule has 8 heteroatoms. The van der Waals surface area contributed by atoms with E-state index in [4.69, 9.17) is 5.11 Å². The second-order valence-electron chi connectivity index (χ2n) is 1.41. The Morgan fingerprint density at radius 3 is 1.08 bits per heavy atom. The maximum Gasteiger partial charge on any atom is 1.00 e. The summed E-state index contributed by atoms with van der Waals surface area (Å²) in [5.74, 6) is 0. The Balaban J connectivity index is -0.000000126. The van der Waals surface area contributed by atoms with Crippen molar-refractivity contribution in [3.8, 4) is 0 Å². The van der Waals surface area contributed by atoms with Crippen molar-refractivity contribution in [2.45, 2.75) is 25.9 Å². The van der Waals surface area contributed by atoms with Crippen LogP contribution in [0, 0.1) is 0 Å². The summed E-state index contributed by atoms with van der Waals surface area (Å²) in [5, 5.41) is 8.10. The Labute approximate surface area is 76.9 Å². The molecule has 0 aromatic rings. The molecule has 0 saturated carbocycles. The summed E-state index contributed by atoms with van der Waals surface area (Å²) >= 11 is 0. The average molecular weight is 190 g/mol. The van der Waals surface area contributed by atoms with Crippen molar-refractivity contribution in [2.75, 3.05) is 0 Å². The summed E-state index contributed by atoms with van der Waals surface area (Å²) in [6.07, 6.45) is -9.94. The summed E-state index contributed by atoms with van der Waals surface area (Å²) in [7, 11) is 0. The van der Waals surface area contributed by atoms with Crippen LogP contribution >= 0.6 is 0 Å². The fourth-order valence-electron chi connectivity index (χ4n) is 0. The van der Waals surface area contributed by atoms with Crippen LogP contribution in [-0.4, -0.2) is 12.5 Å². The van der Waals surface area contributed by atoms with E-state index in [1.807, 2.05) is 0 Å². The molecule has 0 aromatic heterocycles. The number of hydrogen-bond acceptors (Lipinski definition) is 1. The van der Waals surface area contributed by atoms with Crippen LogP contribution in [0.2, 0.25) is 0 Å². The molecule has 0 atom stereocenters. The minimum atomic E-state index is -5.25. The Morgan fingerprint density at radius 1 is 1.00 bits per heavy atom. The molecule has 0 amide bonds. The average Bonchev–Trinajstić information content (AvgIpc) is 1.59. The minimum absolute atomic E-state index is 0. The van der Waals surface area contributed by atoms with Crippen molar-refractivity contribution < 1.29 is 50.3 Å². The van der Waals surface area contributed by atoms with E-state index in [0.29, 0.717) is 0 Å². The number of alkyl halides is 6. The van der Waals surface area contributed by atoms with Gasteiger partial charge in [0.15, 0.2) is 0 Å². The monoisotopic (exact) mass is 190 g/mol. The van der Waals surface area contributed by atoms with Crippen LogP contribution in [0.15, 0.2) is 0 Å². The van der Waals surface area contributed by atoms with Crippen LogP contribution in [0.5, 0.6) is 0 Å². The maximum absolute atomic E-state index is 10.8. The molecule has 0 rings (SSSR count). The fourth-order valence-corrected chi connectivity index (χ4v) is 0. The van der Waals surface area contributed by atoms with Crippen molar-refractivity contribution in [1.29, 1.82) is 0 Å². The molecular formula is C4H5F6LiO. The predicted molar refractivity (Wildman–Crippen MR) is 22.4 cm³/mol. The molecule has 0 aliphatic carbocycles. The molecule has 0 heterocycles. The molecule has 0 saturated heterocycles. The first kappa shape index (κ1) is 18.0. The van der Waals surface area contributed by atoms with Crippen molar-refractivity contribution >= 4 is 0 Å². The van der Waals surface area contributed by atoms with Crippen molar-refractivity contribution in [1.82, 2.24) is 0 Å². The summed E-state index contributed by atoms with van der Waals surface area (Å²) in [5.41, 5.74) is 0. The summed E-state index contributed by atoms with van der Waals surface area (Å²) in [4.78, 5) is 0. The molecule has 0 aromatic carbocycles. The predicted octanol–water partition coefficient (Wildman–Crippen LogP) is -1.17. The van der Waals surface area contributed by atoms with Crippen LogP contribution < -0.4 is 24.0 Å². The Kier molecular flexibility index (Phi) is 9.97.